The molecule has 0 aliphatic rings. The Balaban J connectivity index is 2.16. The van der Waals surface area contributed by atoms with Crippen LogP contribution in [0.3, 0.4) is 0 Å². The number of aryl methyl sites for hydroxylation is 1. The summed E-state index contributed by atoms with van der Waals surface area (Å²) in [6.07, 6.45) is 2.14. The molecular formula is C18H18FN3O2. The summed E-state index contributed by atoms with van der Waals surface area (Å²) in [5.74, 6) is -0.797. The molecule has 0 bridgehead atoms. The van der Waals surface area contributed by atoms with Gasteiger partial charge in [0.2, 0.25) is 0 Å². The molecule has 0 radical (unpaired) electrons. The van der Waals surface area contributed by atoms with E-state index in [0.29, 0.717) is 5.69 Å². The van der Waals surface area contributed by atoms with Crippen molar-refractivity contribution < 1.29 is 13.9 Å². The van der Waals surface area contributed by atoms with Crippen LogP contribution in [0.25, 0.3) is 16.9 Å². The molecule has 24 heavy (non-hydrogen) atoms. The van der Waals surface area contributed by atoms with Crippen LogP contribution in [0.5, 0.6) is 0 Å². The summed E-state index contributed by atoms with van der Waals surface area (Å²) in [7, 11) is 1.31. The van der Waals surface area contributed by atoms with Crippen LogP contribution in [-0.2, 0) is 16.0 Å². The minimum Gasteiger partial charge on any atom is -0.468 e. The van der Waals surface area contributed by atoms with Crippen molar-refractivity contribution in [2.24, 2.45) is 5.73 Å². The highest BCUT2D eigenvalue weighted by molar-refractivity contribution is 5.77. The van der Waals surface area contributed by atoms with Crippen LogP contribution < -0.4 is 5.73 Å². The van der Waals surface area contributed by atoms with Crippen LogP contribution in [0, 0.1) is 12.7 Å². The molecule has 2 heterocycles. The summed E-state index contributed by atoms with van der Waals surface area (Å²) < 4.78 is 19.9. The van der Waals surface area contributed by atoms with Crippen molar-refractivity contribution in [3.63, 3.8) is 0 Å². The minimum atomic E-state index is -0.797. The summed E-state index contributed by atoms with van der Waals surface area (Å²) in [6, 6.07) is 9.17. The number of carbonyl (C=O) groups is 1. The van der Waals surface area contributed by atoms with Gasteiger partial charge in [-0.25, -0.2) is 9.37 Å². The van der Waals surface area contributed by atoms with Crippen LogP contribution >= 0.6 is 0 Å². The number of rotatable bonds is 4. The van der Waals surface area contributed by atoms with Gasteiger partial charge in [0.05, 0.1) is 18.5 Å². The number of ether oxygens (including phenoxy) is 1. The van der Waals surface area contributed by atoms with E-state index in [1.807, 2.05) is 29.7 Å². The molecule has 3 rings (SSSR count). The fourth-order valence-corrected chi connectivity index (χ4v) is 2.73. The zero-order chi connectivity index (χ0) is 17.3. The molecule has 2 aromatic heterocycles. The van der Waals surface area contributed by atoms with E-state index < -0.39 is 12.0 Å². The Labute approximate surface area is 138 Å². The van der Waals surface area contributed by atoms with Crippen LogP contribution in [0.4, 0.5) is 4.39 Å². The normalized spacial score (nSPS) is 12.3. The van der Waals surface area contributed by atoms with Crippen molar-refractivity contribution in [2.45, 2.75) is 19.4 Å². The van der Waals surface area contributed by atoms with E-state index in [-0.39, 0.29) is 12.2 Å². The summed E-state index contributed by atoms with van der Waals surface area (Å²) in [6.45, 7) is 1.96. The number of nitrogens with two attached hydrogens (primary N) is 1. The average molecular weight is 327 g/mol. The Kier molecular flexibility index (Phi) is 4.31. The Bertz CT molecular complexity index is 887. The number of aromatic nitrogens is 2. The Hall–Kier alpha value is -2.73. The highest BCUT2D eigenvalue weighted by Crippen LogP contribution is 2.27. The SMILES string of the molecule is COC(=O)C(N)Cc1c(-c2ccc(F)cc2)nc2c(C)cccn12. The van der Waals surface area contributed by atoms with Crippen molar-refractivity contribution in [3.8, 4) is 11.3 Å². The highest BCUT2D eigenvalue weighted by Gasteiger charge is 2.21. The lowest BCUT2D eigenvalue weighted by molar-refractivity contribution is -0.142. The van der Waals surface area contributed by atoms with Gasteiger partial charge in [-0.2, -0.15) is 0 Å². The molecule has 124 valence electrons. The van der Waals surface area contributed by atoms with Crippen molar-refractivity contribution in [2.75, 3.05) is 7.11 Å². The molecule has 0 saturated carbocycles. The third-order valence-electron chi connectivity index (χ3n) is 3.98. The first-order valence-corrected chi connectivity index (χ1v) is 7.57. The molecule has 1 aromatic carbocycles. The van der Waals surface area contributed by atoms with Gasteiger partial charge in [-0.05, 0) is 42.8 Å². The fraction of sp³-hybridized carbons (Fsp3) is 0.222. The molecule has 0 aliphatic heterocycles. The van der Waals surface area contributed by atoms with Gasteiger partial charge in [-0.3, -0.25) is 4.79 Å². The van der Waals surface area contributed by atoms with E-state index in [1.165, 1.54) is 19.2 Å². The number of fused-ring (bicyclic) bond motifs is 1. The molecule has 3 aromatic rings. The second-order valence-corrected chi connectivity index (χ2v) is 5.63. The van der Waals surface area contributed by atoms with E-state index >= 15 is 0 Å². The summed E-state index contributed by atoms with van der Waals surface area (Å²) in [5, 5.41) is 0. The average Bonchev–Trinajstić information content (AvgIpc) is 2.95. The standard InChI is InChI=1S/C18H18FN3O2/c1-11-4-3-9-22-15(10-14(20)18(23)24-2)16(21-17(11)22)12-5-7-13(19)8-6-12/h3-9,14H,10,20H2,1-2H3. The number of imidazole rings is 1. The molecule has 6 heteroatoms. The number of halogens is 1. The van der Waals surface area contributed by atoms with Gasteiger partial charge in [-0.15, -0.1) is 0 Å². The number of esters is 1. The molecule has 0 saturated heterocycles. The zero-order valence-electron chi connectivity index (χ0n) is 13.5. The minimum absolute atomic E-state index is 0.268. The van der Waals surface area contributed by atoms with Gasteiger partial charge in [0.25, 0.3) is 0 Å². The van der Waals surface area contributed by atoms with Crippen LogP contribution in [-0.4, -0.2) is 28.5 Å². The van der Waals surface area contributed by atoms with Crippen molar-refractivity contribution >= 4 is 11.6 Å². The first kappa shape index (κ1) is 16.1. The number of nitrogens with zero attached hydrogens (tertiary/aromatic N) is 2. The predicted octanol–water partition coefficient (Wildman–Crippen LogP) is 2.49. The van der Waals surface area contributed by atoms with E-state index in [2.05, 4.69) is 4.98 Å². The van der Waals surface area contributed by atoms with Gasteiger partial charge >= 0.3 is 5.97 Å². The summed E-state index contributed by atoms with van der Waals surface area (Å²) >= 11 is 0. The van der Waals surface area contributed by atoms with E-state index in [4.69, 9.17) is 10.5 Å². The van der Waals surface area contributed by atoms with Crippen molar-refractivity contribution in [1.82, 2.24) is 9.38 Å². The lowest BCUT2D eigenvalue weighted by atomic mass is 10.1. The van der Waals surface area contributed by atoms with Crippen LogP contribution in [0.15, 0.2) is 42.6 Å². The fourth-order valence-electron chi connectivity index (χ4n) is 2.73. The topological polar surface area (TPSA) is 69.6 Å². The molecule has 0 spiro atoms. The first-order valence-electron chi connectivity index (χ1n) is 7.57. The number of methoxy groups -OCH3 is 1. The molecule has 0 aliphatic carbocycles. The highest BCUT2D eigenvalue weighted by atomic mass is 19.1. The second-order valence-electron chi connectivity index (χ2n) is 5.63. The predicted molar refractivity (Wildman–Crippen MR) is 89.0 cm³/mol. The maximum absolute atomic E-state index is 13.2. The first-order chi connectivity index (χ1) is 11.5. The van der Waals surface area contributed by atoms with E-state index in [0.717, 1.165) is 22.5 Å². The number of hydrogen-bond donors (Lipinski definition) is 1. The smallest absolute Gasteiger partial charge is 0.323 e. The molecule has 1 unspecified atom stereocenters. The van der Waals surface area contributed by atoms with Gasteiger partial charge in [0.1, 0.15) is 17.5 Å². The number of pyridine rings is 1. The van der Waals surface area contributed by atoms with E-state index in [1.54, 1.807) is 12.1 Å². The number of benzene rings is 1. The monoisotopic (exact) mass is 327 g/mol. The summed E-state index contributed by atoms with van der Waals surface area (Å²) in [4.78, 5) is 16.4. The second kappa shape index (κ2) is 6.41. The van der Waals surface area contributed by atoms with Gasteiger partial charge in [-0.1, -0.05) is 6.07 Å². The Morgan fingerprint density at radius 1 is 1.33 bits per heavy atom. The molecule has 1 atom stereocenters. The third-order valence-corrected chi connectivity index (χ3v) is 3.98. The van der Waals surface area contributed by atoms with Crippen LogP contribution in [0.1, 0.15) is 11.3 Å². The zero-order valence-corrected chi connectivity index (χ0v) is 13.5. The summed E-state index contributed by atoms with van der Waals surface area (Å²) in [5.41, 5.74) is 9.97. The van der Waals surface area contributed by atoms with E-state index in [9.17, 15) is 9.18 Å². The third kappa shape index (κ3) is 2.88. The number of hydrogen-bond acceptors (Lipinski definition) is 4. The van der Waals surface area contributed by atoms with Gasteiger partial charge < -0.3 is 14.9 Å². The van der Waals surface area contributed by atoms with Crippen molar-refractivity contribution in [3.05, 3.63) is 59.7 Å². The lowest BCUT2D eigenvalue weighted by Crippen LogP contribution is -2.34. The molecular weight excluding hydrogens is 309 g/mol. The Morgan fingerprint density at radius 3 is 2.71 bits per heavy atom. The number of carbonyl (C=O) groups excluding carboxylic acids is 1. The lowest BCUT2D eigenvalue weighted by Gasteiger charge is -2.11. The maximum atomic E-state index is 13.2. The molecule has 5 nitrogen and oxygen atoms in total. The quantitative estimate of drug-likeness (QED) is 0.748. The Morgan fingerprint density at radius 2 is 2.04 bits per heavy atom. The van der Waals surface area contributed by atoms with Crippen molar-refractivity contribution in [1.29, 1.82) is 0 Å². The molecule has 2 N–H and O–H groups in total. The van der Waals surface area contributed by atoms with Gasteiger partial charge in [0.15, 0.2) is 0 Å². The molecule has 0 fully saturated rings. The van der Waals surface area contributed by atoms with Crippen LogP contribution in [0.2, 0.25) is 0 Å². The molecule has 0 amide bonds. The maximum Gasteiger partial charge on any atom is 0.323 e. The van der Waals surface area contributed by atoms with Gasteiger partial charge in [0, 0.05) is 18.2 Å². The largest absolute Gasteiger partial charge is 0.468 e.